The van der Waals surface area contributed by atoms with Crippen LogP contribution in [0.1, 0.15) is 6.42 Å². The molecule has 11 heavy (non-hydrogen) atoms. The molecule has 0 aromatic carbocycles. The average Bonchev–Trinajstić information content (AvgIpc) is 1.85. The molecule has 0 heterocycles. The minimum Gasteiger partial charge on any atom is -0.550 e. The van der Waals surface area contributed by atoms with Crippen LogP contribution >= 0.6 is 0 Å². The second-order valence-corrected chi connectivity index (χ2v) is 1.64. The molecule has 0 aliphatic heterocycles. The molecule has 0 N–H and O–H groups in total. The summed E-state index contributed by atoms with van der Waals surface area (Å²) in [5, 5.41) is 9.85. The summed E-state index contributed by atoms with van der Waals surface area (Å²) in [7, 11) is 1.16. The van der Waals surface area contributed by atoms with Crippen molar-refractivity contribution < 1.29 is 55.0 Å². The number of esters is 1. The van der Waals surface area contributed by atoms with Crippen LogP contribution in [0.25, 0.3) is 0 Å². The smallest absolute Gasteiger partial charge is 0.550 e. The van der Waals surface area contributed by atoms with Crippen molar-refractivity contribution >= 4 is 11.9 Å². The maximum Gasteiger partial charge on any atom is 3.00 e. The molecular weight excluding hydrogens is 275 g/mol. The summed E-state index contributed by atoms with van der Waals surface area (Å²) in [5.74, 6) is -2.06. The molecular formula is C6H7LaO4+2. The van der Waals surface area contributed by atoms with Gasteiger partial charge in [-0.3, -0.25) is 0 Å². The number of aliphatic carboxylic acids is 1. The predicted octanol–water partition coefficient (Wildman–Crippen LogP) is -1.14. The number of hydrogen-bond donors (Lipinski definition) is 0. The minimum absolute atomic E-state index is 0. The van der Waals surface area contributed by atoms with Crippen LogP contribution in [0.2, 0.25) is 0 Å². The number of ether oxygens (including phenoxy) is 1. The van der Waals surface area contributed by atoms with Crippen LogP contribution in [0.5, 0.6) is 0 Å². The largest absolute Gasteiger partial charge is 3.00 e. The van der Waals surface area contributed by atoms with Crippen molar-refractivity contribution in [3.05, 3.63) is 12.2 Å². The number of rotatable bonds is 3. The fourth-order valence-corrected chi connectivity index (χ4v) is 0.391. The Bertz CT molecular complexity index is 175. The van der Waals surface area contributed by atoms with Gasteiger partial charge >= 0.3 is 41.6 Å². The topological polar surface area (TPSA) is 66.4 Å². The average molecular weight is 282 g/mol. The second-order valence-electron chi connectivity index (χ2n) is 1.64. The van der Waals surface area contributed by atoms with Gasteiger partial charge in [-0.1, -0.05) is 6.58 Å². The molecule has 0 spiro atoms. The van der Waals surface area contributed by atoms with E-state index in [0.717, 1.165) is 7.11 Å². The van der Waals surface area contributed by atoms with Gasteiger partial charge in [0, 0.05) is 18.0 Å². The van der Waals surface area contributed by atoms with Gasteiger partial charge in [0.2, 0.25) is 0 Å². The molecule has 56 valence electrons. The summed E-state index contributed by atoms with van der Waals surface area (Å²) in [6.07, 6.45) is -0.479. The molecule has 0 saturated heterocycles. The molecule has 0 saturated carbocycles. The molecule has 0 aromatic heterocycles. The first-order chi connectivity index (χ1) is 4.57. The Morgan fingerprint density at radius 2 is 2.00 bits per heavy atom. The van der Waals surface area contributed by atoms with Crippen LogP contribution in [0.15, 0.2) is 12.2 Å². The van der Waals surface area contributed by atoms with Gasteiger partial charge in [-0.25, -0.2) is 4.79 Å². The zero-order chi connectivity index (χ0) is 8.15. The Morgan fingerprint density at radius 1 is 1.55 bits per heavy atom. The third kappa shape index (κ3) is 6.28. The maximum atomic E-state index is 10.4. The fourth-order valence-electron chi connectivity index (χ4n) is 0.391. The third-order valence-electron chi connectivity index (χ3n) is 0.832. The monoisotopic (exact) mass is 282 g/mol. The second kappa shape index (κ2) is 6.58. The Kier molecular flexibility index (Phi) is 8.05. The molecule has 0 amide bonds. The summed E-state index contributed by atoms with van der Waals surface area (Å²) < 4.78 is 4.18. The summed E-state index contributed by atoms with van der Waals surface area (Å²) >= 11 is 0. The van der Waals surface area contributed by atoms with Gasteiger partial charge in [-0.05, 0) is 0 Å². The molecule has 0 aliphatic rings. The predicted molar refractivity (Wildman–Crippen MR) is 30.8 cm³/mol. The van der Waals surface area contributed by atoms with Crippen molar-refractivity contribution in [1.82, 2.24) is 0 Å². The van der Waals surface area contributed by atoms with E-state index in [-0.39, 0.29) is 41.2 Å². The number of hydrogen-bond acceptors (Lipinski definition) is 4. The van der Waals surface area contributed by atoms with Crippen molar-refractivity contribution in [3.8, 4) is 0 Å². The zero-order valence-electron chi connectivity index (χ0n) is 6.12. The Hall–Kier alpha value is -0.125. The SMILES string of the molecule is C=C(CC(=O)[O-])C(=O)OC.[La+3]. The standard InChI is InChI=1S/C6H8O4.La/c1-4(3-5(7)8)6(9)10-2;/h1,3H2,2H3,(H,7,8);/q;+3/p-1. The molecule has 0 fully saturated rings. The van der Waals surface area contributed by atoms with Crippen LogP contribution in [0.3, 0.4) is 0 Å². The summed E-state index contributed by atoms with van der Waals surface area (Å²) in [6, 6.07) is 0. The van der Waals surface area contributed by atoms with Crippen LogP contribution in [0.4, 0.5) is 0 Å². The first-order valence-electron chi connectivity index (χ1n) is 2.54. The number of carboxylic acids is 1. The van der Waals surface area contributed by atoms with E-state index in [1.54, 1.807) is 0 Å². The van der Waals surface area contributed by atoms with Crippen LogP contribution in [-0.2, 0) is 14.3 Å². The van der Waals surface area contributed by atoms with Gasteiger partial charge in [0.15, 0.2) is 0 Å². The van der Waals surface area contributed by atoms with Crippen molar-refractivity contribution in [2.75, 3.05) is 7.11 Å². The van der Waals surface area contributed by atoms with E-state index in [9.17, 15) is 14.7 Å². The first-order valence-corrected chi connectivity index (χ1v) is 2.54. The van der Waals surface area contributed by atoms with Crippen LogP contribution < -0.4 is 5.11 Å². The molecule has 4 nitrogen and oxygen atoms in total. The Balaban J connectivity index is 0. The number of carboxylic acid groups (broad SMARTS) is 1. The number of carbonyl (C=O) groups excluding carboxylic acids is 2. The van der Waals surface area contributed by atoms with Gasteiger partial charge < -0.3 is 14.6 Å². The number of methoxy groups -OCH3 is 1. The molecule has 0 atom stereocenters. The van der Waals surface area contributed by atoms with Crippen LogP contribution in [0, 0.1) is 35.6 Å². The van der Waals surface area contributed by atoms with E-state index in [0.29, 0.717) is 0 Å². The summed E-state index contributed by atoms with van der Waals surface area (Å²) in [6.45, 7) is 3.17. The molecule has 5 heteroatoms. The van der Waals surface area contributed by atoms with Gasteiger partial charge in [-0.2, -0.15) is 0 Å². The molecule has 0 unspecified atom stereocenters. The third-order valence-corrected chi connectivity index (χ3v) is 0.832. The van der Waals surface area contributed by atoms with Crippen molar-refractivity contribution in [1.29, 1.82) is 0 Å². The Morgan fingerprint density at radius 3 is 2.27 bits per heavy atom. The van der Waals surface area contributed by atoms with E-state index in [4.69, 9.17) is 0 Å². The van der Waals surface area contributed by atoms with Gasteiger partial charge in [0.25, 0.3) is 0 Å². The minimum atomic E-state index is -1.34. The fraction of sp³-hybridized carbons (Fsp3) is 0.333. The van der Waals surface area contributed by atoms with E-state index >= 15 is 0 Å². The van der Waals surface area contributed by atoms with Crippen molar-refractivity contribution in [2.24, 2.45) is 0 Å². The molecule has 0 aliphatic carbocycles. The molecule has 0 bridgehead atoms. The van der Waals surface area contributed by atoms with E-state index in [1.807, 2.05) is 0 Å². The van der Waals surface area contributed by atoms with Crippen molar-refractivity contribution in [3.63, 3.8) is 0 Å². The maximum absolute atomic E-state index is 10.4. The quantitative estimate of drug-likeness (QED) is 0.484. The summed E-state index contributed by atoms with van der Waals surface area (Å²) in [5.41, 5.74) is -0.109. The van der Waals surface area contributed by atoms with E-state index < -0.39 is 18.4 Å². The van der Waals surface area contributed by atoms with Crippen molar-refractivity contribution in [2.45, 2.75) is 6.42 Å². The van der Waals surface area contributed by atoms with E-state index in [1.165, 1.54) is 0 Å². The number of carbonyl (C=O) groups is 2. The van der Waals surface area contributed by atoms with Crippen LogP contribution in [-0.4, -0.2) is 19.0 Å². The van der Waals surface area contributed by atoms with Gasteiger partial charge in [0.05, 0.1) is 7.11 Å². The normalized spacial score (nSPS) is 7.73. The Labute approximate surface area is 92.2 Å². The zero-order valence-corrected chi connectivity index (χ0v) is 9.75. The first kappa shape index (κ1) is 13.5. The summed E-state index contributed by atoms with van der Waals surface area (Å²) in [4.78, 5) is 20.3. The van der Waals surface area contributed by atoms with Gasteiger partial charge in [-0.15, -0.1) is 0 Å². The molecule has 0 rings (SSSR count). The van der Waals surface area contributed by atoms with Gasteiger partial charge in [0.1, 0.15) is 0 Å². The molecule has 0 aromatic rings. The molecule has 0 radical (unpaired) electrons. The van der Waals surface area contributed by atoms with E-state index in [2.05, 4.69) is 11.3 Å².